The summed E-state index contributed by atoms with van der Waals surface area (Å²) < 4.78 is 42.3. The molecule has 40 heavy (non-hydrogen) atoms. The fraction of sp³-hybridized carbons (Fsp3) is 0.400. The van der Waals surface area contributed by atoms with Crippen LogP contribution in [-0.4, -0.2) is 47.2 Å². The highest BCUT2D eigenvalue weighted by atomic mass is 19.3. The Bertz CT molecular complexity index is 1430. The Hall–Kier alpha value is -3.92. The van der Waals surface area contributed by atoms with Gasteiger partial charge in [-0.3, -0.25) is 4.79 Å². The van der Waals surface area contributed by atoms with Crippen molar-refractivity contribution in [3.05, 3.63) is 76.5 Å². The van der Waals surface area contributed by atoms with E-state index in [0.717, 1.165) is 11.1 Å². The number of hydrogen-bond acceptors (Lipinski definition) is 7. The Morgan fingerprint density at radius 3 is 2.45 bits per heavy atom. The van der Waals surface area contributed by atoms with E-state index in [9.17, 15) is 23.8 Å². The molecule has 10 heteroatoms. The maximum absolute atomic E-state index is 13.8. The van der Waals surface area contributed by atoms with Crippen LogP contribution < -0.4 is 19.5 Å². The summed E-state index contributed by atoms with van der Waals surface area (Å²) in [6.45, 7) is 5.84. The smallest absolute Gasteiger partial charge is 0.497 e. The standard InChI is InChI=1S/C30H32F2N2O6/c1-15(2)33-24-10-8-21-25(17-5-9-22-23(13-17)40-30(31,32)39-22)27(29(36)37)26(28(21)34-24)20-7-6-19(38-4)12-18(20)11-16(3)14-35/h5-10,12-13,15-16,25-27,35H,11,14H2,1-4H3,(H,33,34)(H,36,37)/t16?,25-,26-,27+/m0/s1. The zero-order valence-corrected chi connectivity index (χ0v) is 22.7. The predicted molar refractivity (Wildman–Crippen MR) is 143 cm³/mol. The number of nitrogens with one attached hydrogen (secondary N) is 1. The quantitative estimate of drug-likeness (QED) is 0.323. The maximum atomic E-state index is 13.8. The highest BCUT2D eigenvalue weighted by Gasteiger charge is 2.49. The third kappa shape index (κ3) is 5.15. The molecule has 3 N–H and O–H groups in total. The van der Waals surface area contributed by atoms with Crippen LogP contribution in [0.25, 0.3) is 0 Å². The van der Waals surface area contributed by atoms with Gasteiger partial charge in [0.2, 0.25) is 0 Å². The van der Waals surface area contributed by atoms with Gasteiger partial charge in [0.1, 0.15) is 11.6 Å². The van der Waals surface area contributed by atoms with Crippen molar-refractivity contribution in [1.82, 2.24) is 4.98 Å². The van der Waals surface area contributed by atoms with Gasteiger partial charge in [-0.2, -0.15) is 0 Å². The number of fused-ring (bicyclic) bond motifs is 2. The number of nitrogens with zero attached hydrogens (tertiary/aromatic N) is 1. The van der Waals surface area contributed by atoms with Crippen LogP contribution in [0.5, 0.6) is 17.2 Å². The minimum absolute atomic E-state index is 0.0363. The molecule has 4 atom stereocenters. The van der Waals surface area contributed by atoms with Gasteiger partial charge in [0.25, 0.3) is 0 Å². The van der Waals surface area contributed by atoms with Crippen LogP contribution >= 0.6 is 0 Å². The molecule has 212 valence electrons. The normalized spacial score (nSPS) is 21.2. The molecule has 1 aromatic heterocycles. The highest BCUT2D eigenvalue weighted by molar-refractivity contribution is 5.78. The molecule has 1 aliphatic heterocycles. The third-order valence-corrected chi connectivity index (χ3v) is 7.38. The van der Waals surface area contributed by atoms with Gasteiger partial charge < -0.3 is 29.7 Å². The Morgan fingerprint density at radius 2 is 1.77 bits per heavy atom. The average Bonchev–Trinajstić information content (AvgIpc) is 3.40. The molecule has 1 aliphatic carbocycles. The van der Waals surface area contributed by atoms with E-state index in [-0.39, 0.29) is 30.1 Å². The first-order valence-corrected chi connectivity index (χ1v) is 13.2. The molecule has 5 rings (SSSR count). The minimum atomic E-state index is -3.79. The molecule has 0 radical (unpaired) electrons. The van der Waals surface area contributed by atoms with Crippen molar-refractivity contribution in [3.8, 4) is 17.2 Å². The summed E-state index contributed by atoms with van der Waals surface area (Å²) in [7, 11) is 1.56. The minimum Gasteiger partial charge on any atom is -0.497 e. The number of carboxylic acid groups (broad SMARTS) is 1. The van der Waals surface area contributed by atoms with Crippen LogP contribution in [0.2, 0.25) is 0 Å². The van der Waals surface area contributed by atoms with Crippen molar-refractivity contribution in [3.63, 3.8) is 0 Å². The Balaban J connectivity index is 1.70. The number of anilines is 1. The molecule has 0 saturated carbocycles. The molecule has 2 aromatic carbocycles. The van der Waals surface area contributed by atoms with E-state index >= 15 is 0 Å². The van der Waals surface area contributed by atoms with Crippen molar-refractivity contribution in [2.75, 3.05) is 19.0 Å². The largest absolute Gasteiger partial charge is 0.586 e. The van der Waals surface area contributed by atoms with Crippen LogP contribution in [0.3, 0.4) is 0 Å². The summed E-state index contributed by atoms with van der Waals surface area (Å²) in [6.07, 6.45) is -3.29. The number of aliphatic carboxylic acids is 1. The zero-order chi connectivity index (χ0) is 28.8. The molecule has 2 heterocycles. The molecular weight excluding hydrogens is 522 g/mol. The topological polar surface area (TPSA) is 110 Å². The van der Waals surface area contributed by atoms with Crippen molar-refractivity contribution < 1.29 is 38.0 Å². The van der Waals surface area contributed by atoms with Gasteiger partial charge in [0.05, 0.1) is 18.7 Å². The number of aliphatic hydroxyl groups excluding tert-OH is 1. The van der Waals surface area contributed by atoms with Gasteiger partial charge in [-0.05, 0) is 78.8 Å². The summed E-state index contributed by atoms with van der Waals surface area (Å²) in [5.41, 5.74) is 3.39. The van der Waals surface area contributed by atoms with Gasteiger partial charge in [-0.25, -0.2) is 4.98 Å². The molecule has 0 saturated heterocycles. The van der Waals surface area contributed by atoms with E-state index in [1.165, 1.54) is 12.1 Å². The number of pyridine rings is 1. The fourth-order valence-electron chi connectivity index (χ4n) is 5.73. The van der Waals surface area contributed by atoms with E-state index in [0.29, 0.717) is 34.8 Å². The lowest BCUT2D eigenvalue weighted by Gasteiger charge is -2.25. The molecule has 0 bridgehead atoms. The van der Waals surface area contributed by atoms with Crippen molar-refractivity contribution in [2.24, 2.45) is 11.8 Å². The van der Waals surface area contributed by atoms with Gasteiger partial charge in [-0.1, -0.05) is 25.1 Å². The number of methoxy groups -OCH3 is 1. The second-order valence-electron chi connectivity index (χ2n) is 10.7. The fourth-order valence-corrected chi connectivity index (χ4v) is 5.73. The van der Waals surface area contributed by atoms with Gasteiger partial charge >= 0.3 is 12.3 Å². The van der Waals surface area contributed by atoms with E-state index in [2.05, 4.69) is 14.8 Å². The van der Waals surface area contributed by atoms with Crippen molar-refractivity contribution in [1.29, 1.82) is 0 Å². The number of carbonyl (C=O) groups is 1. The number of alkyl halides is 2. The summed E-state index contributed by atoms with van der Waals surface area (Å²) in [5, 5.41) is 23.7. The van der Waals surface area contributed by atoms with E-state index in [1.807, 2.05) is 39.0 Å². The number of carboxylic acids is 1. The number of hydrogen-bond donors (Lipinski definition) is 3. The van der Waals surface area contributed by atoms with Crippen molar-refractivity contribution >= 4 is 11.8 Å². The van der Waals surface area contributed by atoms with Gasteiger partial charge in [0.15, 0.2) is 11.5 Å². The molecular formula is C30H32F2N2O6. The van der Waals surface area contributed by atoms with Gasteiger partial charge in [0, 0.05) is 24.5 Å². The second kappa shape index (κ2) is 10.6. The molecule has 0 amide bonds. The summed E-state index contributed by atoms with van der Waals surface area (Å²) in [5.74, 6) is -2.54. The Kier molecular flexibility index (Phi) is 7.31. The number of ether oxygens (including phenoxy) is 3. The molecule has 3 aromatic rings. The van der Waals surface area contributed by atoms with Crippen LogP contribution in [-0.2, 0) is 11.2 Å². The lowest BCUT2D eigenvalue weighted by Crippen LogP contribution is -2.26. The third-order valence-electron chi connectivity index (χ3n) is 7.38. The summed E-state index contributed by atoms with van der Waals surface area (Å²) in [4.78, 5) is 18.0. The summed E-state index contributed by atoms with van der Waals surface area (Å²) in [6, 6.07) is 13.7. The van der Waals surface area contributed by atoms with E-state index in [1.54, 1.807) is 25.3 Å². The number of halogens is 2. The zero-order valence-electron chi connectivity index (χ0n) is 22.7. The Morgan fingerprint density at radius 1 is 1.05 bits per heavy atom. The van der Waals surface area contributed by atoms with Crippen LogP contribution in [0.4, 0.5) is 14.6 Å². The molecule has 8 nitrogen and oxygen atoms in total. The monoisotopic (exact) mass is 554 g/mol. The predicted octanol–water partition coefficient (Wildman–Crippen LogP) is 5.38. The van der Waals surface area contributed by atoms with Gasteiger partial charge in [-0.15, -0.1) is 8.78 Å². The lowest BCUT2D eigenvalue weighted by molar-refractivity contribution is -0.286. The number of benzene rings is 2. The average molecular weight is 555 g/mol. The van der Waals surface area contributed by atoms with Crippen molar-refractivity contribution in [2.45, 2.75) is 51.4 Å². The number of rotatable bonds is 9. The lowest BCUT2D eigenvalue weighted by atomic mass is 9.78. The number of aliphatic hydroxyl groups is 1. The molecule has 1 unspecified atom stereocenters. The van der Waals surface area contributed by atoms with Crippen LogP contribution in [0.1, 0.15) is 60.6 Å². The maximum Gasteiger partial charge on any atom is 0.586 e. The first-order valence-electron chi connectivity index (χ1n) is 13.2. The molecule has 2 aliphatic rings. The summed E-state index contributed by atoms with van der Waals surface area (Å²) >= 11 is 0. The highest BCUT2D eigenvalue weighted by Crippen LogP contribution is 2.54. The van der Waals surface area contributed by atoms with E-state index in [4.69, 9.17) is 9.72 Å². The SMILES string of the molecule is COc1ccc([C@@H]2c3nc(NC(C)C)ccc3[C@H](c3ccc4c(c3)OC(F)(F)O4)[C@H]2C(=O)O)c(CC(C)CO)c1. The van der Waals surface area contributed by atoms with Crippen LogP contribution in [0, 0.1) is 11.8 Å². The second-order valence-corrected chi connectivity index (χ2v) is 10.7. The first kappa shape index (κ1) is 27.6. The Labute approximate surface area is 230 Å². The molecule has 0 spiro atoms. The number of aromatic nitrogens is 1. The van der Waals surface area contributed by atoms with Crippen LogP contribution in [0.15, 0.2) is 48.5 Å². The van der Waals surface area contributed by atoms with E-state index < -0.39 is 30.0 Å². The molecule has 0 fully saturated rings. The first-order chi connectivity index (χ1) is 19.0.